The first-order valence-electron chi connectivity index (χ1n) is 6.73. The predicted octanol–water partition coefficient (Wildman–Crippen LogP) is 1.89. The van der Waals surface area contributed by atoms with Crippen molar-refractivity contribution in [1.82, 2.24) is 14.9 Å². The summed E-state index contributed by atoms with van der Waals surface area (Å²) in [7, 11) is 0. The average molecular weight is 462 g/mol. The first-order valence-corrected chi connectivity index (χ1v) is 7.89. The molecule has 2 heterocycles. The Bertz CT molecular complexity index is 522. The van der Waals surface area contributed by atoms with E-state index < -0.39 is 11.9 Å². The molecular weight excluding hydrogens is 444 g/mol. The highest BCUT2D eigenvalue weighted by molar-refractivity contribution is 14.0. The van der Waals surface area contributed by atoms with Gasteiger partial charge in [-0.3, -0.25) is 4.99 Å². The molecule has 23 heavy (non-hydrogen) atoms. The van der Waals surface area contributed by atoms with Crippen molar-refractivity contribution in [2.75, 3.05) is 43.0 Å². The highest BCUT2D eigenvalue weighted by Crippen LogP contribution is 2.27. The topological polar surface area (TPSA) is 79.4 Å². The maximum absolute atomic E-state index is 12.5. The first kappa shape index (κ1) is 20.1. The molecule has 6 nitrogen and oxygen atoms in total. The van der Waals surface area contributed by atoms with Crippen molar-refractivity contribution in [1.29, 1.82) is 0 Å². The van der Waals surface area contributed by atoms with Crippen LogP contribution in [0, 0.1) is 0 Å². The summed E-state index contributed by atoms with van der Waals surface area (Å²) >= 11 is 1.87. The summed E-state index contributed by atoms with van der Waals surface area (Å²) in [5.74, 6) is 2.43. The number of aromatic nitrogens is 2. The van der Waals surface area contributed by atoms with Gasteiger partial charge in [-0.15, -0.1) is 24.0 Å². The van der Waals surface area contributed by atoms with E-state index in [4.69, 9.17) is 5.73 Å². The zero-order chi connectivity index (χ0) is 16.0. The van der Waals surface area contributed by atoms with Gasteiger partial charge in [-0.1, -0.05) is 0 Å². The van der Waals surface area contributed by atoms with E-state index in [1.54, 1.807) is 0 Å². The smallest absolute Gasteiger partial charge is 0.370 e. The number of rotatable bonds is 4. The SMILES string of the molecule is I.NC(=NCCNc1nccc(C(F)(F)F)n1)N1CCSCC1. The zero-order valence-electron chi connectivity index (χ0n) is 12.2. The van der Waals surface area contributed by atoms with Crippen LogP contribution in [0.2, 0.25) is 0 Å². The molecule has 1 aliphatic rings. The van der Waals surface area contributed by atoms with Crippen molar-refractivity contribution >= 4 is 47.6 Å². The van der Waals surface area contributed by atoms with Crippen LogP contribution in [0.4, 0.5) is 19.1 Å². The van der Waals surface area contributed by atoms with Crippen LogP contribution < -0.4 is 11.1 Å². The van der Waals surface area contributed by atoms with Gasteiger partial charge >= 0.3 is 6.18 Å². The van der Waals surface area contributed by atoms with Gasteiger partial charge in [0, 0.05) is 37.3 Å². The Hall–Kier alpha value is -0.980. The number of hydrogen-bond acceptors (Lipinski definition) is 5. The lowest BCUT2D eigenvalue weighted by Gasteiger charge is -2.27. The van der Waals surface area contributed by atoms with Crippen LogP contribution >= 0.6 is 35.7 Å². The number of aliphatic imine (C=N–C) groups is 1. The molecule has 0 radical (unpaired) electrons. The molecule has 0 amide bonds. The molecule has 0 atom stereocenters. The van der Waals surface area contributed by atoms with Crippen molar-refractivity contribution < 1.29 is 13.2 Å². The zero-order valence-corrected chi connectivity index (χ0v) is 15.4. The van der Waals surface area contributed by atoms with Crippen LogP contribution in [-0.4, -0.2) is 58.5 Å². The van der Waals surface area contributed by atoms with E-state index in [0.717, 1.165) is 36.9 Å². The lowest BCUT2D eigenvalue weighted by molar-refractivity contribution is -0.141. The molecule has 1 aromatic heterocycles. The molecule has 0 bridgehead atoms. The summed E-state index contributed by atoms with van der Waals surface area (Å²) in [4.78, 5) is 13.4. The maximum Gasteiger partial charge on any atom is 0.433 e. The fraction of sp³-hybridized carbons (Fsp3) is 0.583. The fourth-order valence-corrected chi connectivity index (χ4v) is 2.74. The molecule has 0 aliphatic carbocycles. The van der Waals surface area contributed by atoms with Gasteiger partial charge in [-0.25, -0.2) is 9.97 Å². The van der Waals surface area contributed by atoms with Gasteiger partial charge in [0.1, 0.15) is 5.69 Å². The molecule has 130 valence electrons. The number of guanidine groups is 1. The number of alkyl halides is 3. The van der Waals surface area contributed by atoms with Gasteiger partial charge < -0.3 is 16.0 Å². The Morgan fingerprint density at radius 3 is 2.74 bits per heavy atom. The second kappa shape index (κ2) is 9.35. The predicted molar refractivity (Wildman–Crippen MR) is 96.3 cm³/mol. The van der Waals surface area contributed by atoms with Gasteiger partial charge in [0.2, 0.25) is 5.95 Å². The molecule has 0 unspecified atom stereocenters. The van der Waals surface area contributed by atoms with Crippen molar-refractivity contribution in [3.8, 4) is 0 Å². The minimum Gasteiger partial charge on any atom is -0.370 e. The minimum atomic E-state index is -4.48. The molecule has 0 saturated carbocycles. The van der Waals surface area contributed by atoms with Crippen molar-refractivity contribution in [2.24, 2.45) is 10.7 Å². The minimum absolute atomic E-state index is 0. The van der Waals surface area contributed by atoms with E-state index in [-0.39, 0.29) is 29.9 Å². The second-order valence-corrected chi connectivity index (χ2v) is 5.75. The number of halogens is 4. The molecule has 1 saturated heterocycles. The third kappa shape index (κ3) is 6.57. The molecule has 0 aromatic carbocycles. The lowest BCUT2D eigenvalue weighted by atomic mass is 10.4. The molecular formula is C12H18F3IN6S. The van der Waals surface area contributed by atoms with Crippen molar-refractivity contribution in [3.05, 3.63) is 18.0 Å². The summed E-state index contributed by atoms with van der Waals surface area (Å²) in [5.41, 5.74) is 4.89. The van der Waals surface area contributed by atoms with Crippen LogP contribution in [-0.2, 0) is 6.18 Å². The standard InChI is InChI=1S/C12H17F3N6S.HI/c13-12(14,15)9-1-2-18-11(20-9)19-4-3-17-10(16)21-5-7-22-8-6-21;/h1-2H,3-8H2,(H2,16,17)(H,18,19,20);1H. The quantitative estimate of drug-likeness (QED) is 0.308. The number of anilines is 1. The van der Waals surface area contributed by atoms with Crippen LogP contribution in [0.15, 0.2) is 17.3 Å². The monoisotopic (exact) mass is 462 g/mol. The van der Waals surface area contributed by atoms with E-state index in [1.807, 2.05) is 16.7 Å². The number of nitrogens with one attached hydrogen (secondary N) is 1. The molecule has 2 rings (SSSR count). The molecule has 11 heteroatoms. The second-order valence-electron chi connectivity index (χ2n) is 4.53. The van der Waals surface area contributed by atoms with E-state index in [2.05, 4.69) is 20.3 Å². The number of nitrogens with zero attached hydrogens (tertiary/aromatic N) is 4. The molecule has 1 aromatic rings. The highest BCUT2D eigenvalue weighted by atomic mass is 127. The third-order valence-corrected chi connectivity index (χ3v) is 3.89. The average Bonchev–Trinajstić information content (AvgIpc) is 2.52. The Morgan fingerprint density at radius 2 is 2.09 bits per heavy atom. The van der Waals surface area contributed by atoms with E-state index in [1.165, 1.54) is 0 Å². The van der Waals surface area contributed by atoms with Gasteiger partial charge in [0.15, 0.2) is 5.96 Å². The normalized spacial score (nSPS) is 16.0. The Morgan fingerprint density at radius 1 is 1.39 bits per heavy atom. The van der Waals surface area contributed by atoms with E-state index >= 15 is 0 Å². The summed E-state index contributed by atoms with van der Waals surface area (Å²) in [6.45, 7) is 2.38. The Balaban J connectivity index is 0.00000264. The summed E-state index contributed by atoms with van der Waals surface area (Å²) in [6.07, 6.45) is -3.41. The number of hydrogen-bond donors (Lipinski definition) is 2. The van der Waals surface area contributed by atoms with Crippen LogP contribution in [0.5, 0.6) is 0 Å². The summed E-state index contributed by atoms with van der Waals surface area (Å²) < 4.78 is 37.5. The Labute approximate surface area is 153 Å². The molecule has 3 N–H and O–H groups in total. The third-order valence-electron chi connectivity index (χ3n) is 2.95. The first-order chi connectivity index (χ1) is 10.5. The largest absolute Gasteiger partial charge is 0.433 e. The van der Waals surface area contributed by atoms with Crippen molar-refractivity contribution in [2.45, 2.75) is 6.18 Å². The van der Waals surface area contributed by atoms with Gasteiger partial charge in [-0.05, 0) is 6.07 Å². The molecule has 0 spiro atoms. The van der Waals surface area contributed by atoms with E-state index in [0.29, 0.717) is 19.0 Å². The summed E-state index contributed by atoms with van der Waals surface area (Å²) in [5, 5.41) is 2.71. The Kier molecular flexibility index (Phi) is 8.16. The van der Waals surface area contributed by atoms with Crippen LogP contribution in [0.25, 0.3) is 0 Å². The van der Waals surface area contributed by atoms with E-state index in [9.17, 15) is 13.2 Å². The van der Waals surface area contributed by atoms with Crippen molar-refractivity contribution in [3.63, 3.8) is 0 Å². The number of thioether (sulfide) groups is 1. The summed E-state index contributed by atoms with van der Waals surface area (Å²) in [6, 6.07) is 0.829. The molecule has 1 fully saturated rings. The fourth-order valence-electron chi connectivity index (χ4n) is 1.83. The van der Waals surface area contributed by atoms with Crippen LogP contribution in [0.1, 0.15) is 5.69 Å². The van der Waals surface area contributed by atoms with Crippen LogP contribution in [0.3, 0.4) is 0 Å². The highest BCUT2D eigenvalue weighted by Gasteiger charge is 2.32. The van der Waals surface area contributed by atoms with Gasteiger partial charge in [-0.2, -0.15) is 24.9 Å². The lowest BCUT2D eigenvalue weighted by Crippen LogP contribution is -2.42. The maximum atomic E-state index is 12.5. The van der Waals surface area contributed by atoms with Gasteiger partial charge in [0.25, 0.3) is 0 Å². The van der Waals surface area contributed by atoms with Gasteiger partial charge in [0.05, 0.1) is 6.54 Å². The number of nitrogens with two attached hydrogens (primary N) is 1. The molecule has 1 aliphatic heterocycles.